The van der Waals surface area contributed by atoms with Gasteiger partial charge in [-0.2, -0.15) is 0 Å². The third kappa shape index (κ3) is 1.04. The molecule has 2 aliphatic heterocycles. The van der Waals surface area contributed by atoms with Gasteiger partial charge in [-0.3, -0.25) is 9.59 Å². The van der Waals surface area contributed by atoms with Crippen LogP contribution in [0.1, 0.15) is 5.56 Å². The number of fused-ring (bicyclic) bond motifs is 2. The van der Waals surface area contributed by atoms with Gasteiger partial charge in [0.2, 0.25) is 0 Å². The van der Waals surface area contributed by atoms with Crippen LogP contribution < -0.4 is 5.32 Å². The van der Waals surface area contributed by atoms with E-state index < -0.39 is 4.93 Å². The summed E-state index contributed by atoms with van der Waals surface area (Å²) in [6, 6.07) is 7.26. The molecule has 1 fully saturated rings. The molecule has 5 heteroatoms. The zero-order chi connectivity index (χ0) is 10.5. The summed E-state index contributed by atoms with van der Waals surface area (Å²) < 4.78 is 5.16. The molecule has 0 bridgehead atoms. The average molecular weight is 221 g/mol. The van der Waals surface area contributed by atoms with Gasteiger partial charge in [0.1, 0.15) is 0 Å². The topological polar surface area (TPSA) is 55.4 Å². The minimum atomic E-state index is -1.13. The number of hydrogen-bond donors (Lipinski definition) is 1. The third-order valence-corrected chi connectivity index (χ3v) is 3.75. The van der Waals surface area contributed by atoms with Gasteiger partial charge in [0.25, 0.3) is 10.8 Å². The summed E-state index contributed by atoms with van der Waals surface area (Å²) >= 11 is 1.23. The summed E-state index contributed by atoms with van der Waals surface area (Å²) in [5.41, 5.74) is 1.47. The summed E-state index contributed by atoms with van der Waals surface area (Å²) in [6.45, 7) is 0. The molecule has 4 nitrogen and oxygen atoms in total. The lowest BCUT2D eigenvalue weighted by molar-refractivity contribution is -0.152. The molecule has 1 N–H and O–H groups in total. The molecule has 1 aromatic rings. The van der Waals surface area contributed by atoms with Gasteiger partial charge in [-0.25, -0.2) is 0 Å². The second-order valence-electron chi connectivity index (χ2n) is 3.38. The van der Waals surface area contributed by atoms with E-state index in [1.54, 1.807) is 12.1 Å². The number of anilines is 1. The average Bonchev–Trinajstić information content (AvgIpc) is 2.73. The van der Waals surface area contributed by atoms with Crippen molar-refractivity contribution in [2.75, 3.05) is 11.1 Å². The van der Waals surface area contributed by atoms with Gasteiger partial charge in [0.05, 0.1) is 5.75 Å². The molecule has 1 spiro atoms. The molecule has 2 heterocycles. The second kappa shape index (κ2) is 2.76. The van der Waals surface area contributed by atoms with E-state index in [0.29, 0.717) is 0 Å². The van der Waals surface area contributed by atoms with Crippen molar-refractivity contribution in [2.45, 2.75) is 4.93 Å². The number of thioether (sulfide) groups is 1. The first-order chi connectivity index (χ1) is 7.22. The van der Waals surface area contributed by atoms with Gasteiger partial charge < -0.3 is 10.1 Å². The number of amides is 1. The monoisotopic (exact) mass is 221 g/mol. The standard InChI is InChI=1S/C10H7NO3S/c12-8-5-15-10(14-8)6-3-1-2-4-7(6)11-9(10)13/h1-4H,5H2,(H,11,13)/t10-/m1/s1. The van der Waals surface area contributed by atoms with E-state index in [9.17, 15) is 9.59 Å². The fourth-order valence-corrected chi connectivity index (χ4v) is 2.88. The van der Waals surface area contributed by atoms with Crippen LogP contribution in [-0.2, 0) is 19.3 Å². The van der Waals surface area contributed by atoms with Gasteiger partial charge >= 0.3 is 5.97 Å². The van der Waals surface area contributed by atoms with Crippen molar-refractivity contribution in [3.63, 3.8) is 0 Å². The largest absolute Gasteiger partial charge is 0.433 e. The fraction of sp³-hybridized carbons (Fsp3) is 0.200. The zero-order valence-electron chi connectivity index (χ0n) is 7.65. The molecule has 1 atom stereocenters. The van der Waals surface area contributed by atoms with Gasteiger partial charge in [-0.1, -0.05) is 30.0 Å². The summed E-state index contributed by atoms with van der Waals surface area (Å²) in [5.74, 6) is -0.381. The van der Waals surface area contributed by atoms with E-state index in [-0.39, 0.29) is 17.6 Å². The molecule has 2 aliphatic rings. The maximum atomic E-state index is 11.8. The lowest BCUT2D eigenvalue weighted by Crippen LogP contribution is -2.31. The Hall–Kier alpha value is -1.49. The minimum Gasteiger partial charge on any atom is -0.433 e. The molecule has 76 valence electrons. The van der Waals surface area contributed by atoms with E-state index >= 15 is 0 Å². The summed E-state index contributed by atoms with van der Waals surface area (Å²) in [6.07, 6.45) is 0. The van der Waals surface area contributed by atoms with Crippen LogP contribution in [0.25, 0.3) is 0 Å². The third-order valence-electron chi connectivity index (χ3n) is 2.48. The van der Waals surface area contributed by atoms with Crippen molar-refractivity contribution < 1.29 is 14.3 Å². The van der Waals surface area contributed by atoms with Gasteiger partial charge in [-0.15, -0.1) is 0 Å². The highest BCUT2D eigenvalue weighted by Crippen LogP contribution is 2.49. The van der Waals surface area contributed by atoms with E-state index in [1.165, 1.54) is 11.8 Å². The van der Waals surface area contributed by atoms with Crippen LogP contribution in [-0.4, -0.2) is 17.6 Å². The number of benzene rings is 1. The van der Waals surface area contributed by atoms with E-state index in [2.05, 4.69) is 5.32 Å². The summed E-state index contributed by atoms with van der Waals surface area (Å²) in [7, 11) is 0. The van der Waals surface area contributed by atoms with Crippen molar-refractivity contribution >= 4 is 29.3 Å². The second-order valence-corrected chi connectivity index (χ2v) is 4.53. The van der Waals surface area contributed by atoms with Crippen LogP contribution in [0.5, 0.6) is 0 Å². The molecule has 0 aliphatic carbocycles. The van der Waals surface area contributed by atoms with E-state index in [1.807, 2.05) is 12.1 Å². The smallest absolute Gasteiger partial charge is 0.318 e. The van der Waals surface area contributed by atoms with Gasteiger partial charge in [0, 0.05) is 11.3 Å². The maximum absolute atomic E-state index is 11.8. The van der Waals surface area contributed by atoms with Crippen molar-refractivity contribution in [1.29, 1.82) is 0 Å². The molecule has 1 saturated heterocycles. The lowest BCUT2D eigenvalue weighted by atomic mass is 10.1. The summed E-state index contributed by atoms with van der Waals surface area (Å²) in [4.78, 5) is 21.8. The normalized spacial score (nSPS) is 27.7. The highest BCUT2D eigenvalue weighted by atomic mass is 32.2. The number of ether oxygens (including phenoxy) is 1. The molecule has 1 amide bonds. The minimum absolute atomic E-state index is 0.224. The molecule has 0 unspecified atom stereocenters. The Morgan fingerprint density at radius 1 is 1.33 bits per heavy atom. The maximum Gasteiger partial charge on any atom is 0.318 e. The van der Waals surface area contributed by atoms with Crippen LogP contribution in [0.4, 0.5) is 5.69 Å². The highest BCUT2D eigenvalue weighted by Gasteiger charge is 2.54. The van der Waals surface area contributed by atoms with Crippen molar-refractivity contribution in [3.8, 4) is 0 Å². The molecule has 3 rings (SSSR count). The Balaban J connectivity index is 2.17. The number of esters is 1. The van der Waals surface area contributed by atoms with Gasteiger partial charge in [-0.05, 0) is 6.07 Å². The number of carbonyl (C=O) groups is 2. The molecule has 0 radical (unpaired) electrons. The SMILES string of the molecule is O=C1CS[C@@]2(O1)C(=O)Nc1ccccc12. The fourth-order valence-electron chi connectivity index (χ4n) is 1.83. The lowest BCUT2D eigenvalue weighted by Gasteiger charge is -2.17. The molecule has 0 saturated carbocycles. The molecular weight excluding hydrogens is 214 g/mol. The highest BCUT2D eigenvalue weighted by molar-refractivity contribution is 8.01. The first kappa shape index (κ1) is 8.79. The van der Waals surface area contributed by atoms with Gasteiger partial charge in [0.15, 0.2) is 0 Å². The van der Waals surface area contributed by atoms with Crippen LogP contribution in [0.2, 0.25) is 0 Å². The number of rotatable bonds is 0. The Bertz CT molecular complexity index is 473. The number of hydrogen-bond acceptors (Lipinski definition) is 4. The summed E-state index contributed by atoms with van der Waals surface area (Å²) in [5, 5.41) is 2.71. The van der Waals surface area contributed by atoms with E-state index in [4.69, 9.17) is 4.74 Å². The predicted molar refractivity (Wildman–Crippen MR) is 55.3 cm³/mol. The molecule has 0 aromatic heterocycles. The number of carbonyl (C=O) groups excluding carboxylic acids is 2. The molecular formula is C10H7NO3S. The van der Waals surface area contributed by atoms with Crippen LogP contribution in [0.15, 0.2) is 24.3 Å². The Morgan fingerprint density at radius 3 is 2.87 bits per heavy atom. The predicted octanol–water partition coefficient (Wildman–Crippen LogP) is 1.08. The van der Waals surface area contributed by atoms with Crippen molar-refractivity contribution in [3.05, 3.63) is 29.8 Å². The Kier molecular flexibility index (Phi) is 1.62. The zero-order valence-corrected chi connectivity index (χ0v) is 8.47. The van der Waals surface area contributed by atoms with E-state index in [0.717, 1.165) is 11.3 Å². The first-order valence-electron chi connectivity index (χ1n) is 4.49. The van der Waals surface area contributed by atoms with Crippen molar-refractivity contribution in [2.24, 2.45) is 0 Å². The Morgan fingerprint density at radius 2 is 2.13 bits per heavy atom. The van der Waals surface area contributed by atoms with Crippen molar-refractivity contribution in [1.82, 2.24) is 0 Å². The van der Waals surface area contributed by atoms with Crippen LogP contribution >= 0.6 is 11.8 Å². The number of para-hydroxylation sites is 1. The molecule has 15 heavy (non-hydrogen) atoms. The molecule has 1 aromatic carbocycles. The first-order valence-corrected chi connectivity index (χ1v) is 5.48. The number of nitrogens with one attached hydrogen (secondary N) is 1. The van der Waals surface area contributed by atoms with Crippen LogP contribution in [0, 0.1) is 0 Å². The Labute approximate surface area is 90.0 Å². The quantitative estimate of drug-likeness (QED) is 0.666. The van der Waals surface area contributed by atoms with Crippen LogP contribution in [0.3, 0.4) is 0 Å².